The molecule has 0 atom stereocenters. The molecule has 32 heavy (non-hydrogen) atoms. The van der Waals surface area contributed by atoms with E-state index in [1.807, 2.05) is 61.9 Å². The summed E-state index contributed by atoms with van der Waals surface area (Å²) in [5.74, 6) is 0.448. The number of nitrogens with one attached hydrogen (secondary N) is 2. The lowest BCUT2D eigenvalue weighted by atomic mass is 10.2. The molecule has 2 heterocycles. The second-order valence-electron chi connectivity index (χ2n) is 7.76. The molecule has 8 nitrogen and oxygen atoms in total. The van der Waals surface area contributed by atoms with Crippen LogP contribution in [0.4, 0.5) is 10.5 Å². The van der Waals surface area contributed by atoms with E-state index in [0.29, 0.717) is 35.5 Å². The number of fused-ring (bicyclic) bond motifs is 1. The van der Waals surface area contributed by atoms with Crippen LogP contribution in [0.3, 0.4) is 0 Å². The Morgan fingerprint density at radius 1 is 1.12 bits per heavy atom. The molecule has 0 aliphatic heterocycles. The summed E-state index contributed by atoms with van der Waals surface area (Å²) in [5.41, 5.74) is 4.21. The van der Waals surface area contributed by atoms with Crippen molar-refractivity contribution in [2.24, 2.45) is 0 Å². The number of H-pyrrole nitrogens is 1. The molecule has 0 saturated carbocycles. The third-order valence-electron chi connectivity index (χ3n) is 5.29. The van der Waals surface area contributed by atoms with Crippen LogP contribution >= 0.6 is 0 Å². The zero-order valence-electron chi connectivity index (χ0n) is 18.4. The van der Waals surface area contributed by atoms with E-state index in [0.717, 1.165) is 17.0 Å². The molecule has 0 aliphatic carbocycles. The third-order valence-corrected chi connectivity index (χ3v) is 5.29. The Balaban J connectivity index is 1.48. The fourth-order valence-electron chi connectivity index (χ4n) is 3.68. The van der Waals surface area contributed by atoms with Crippen LogP contribution in [0.1, 0.15) is 29.7 Å². The predicted octanol–water partition coefficient (Wildman–Crippen LogP) is 3.84. The van der Waals surface area contributed by atoms with Gasteiger partial charge >= 0.3 is 6.03 Å². The van der Waals surface area contributed by atoms with Crippen LogP contribution in [0, 0.1) is 13.8 Å². The first-order valence-electron chi connectivity index (χ1n) is 10.6. The van der Waals surface area contributed by atoms with Gasteiger partial charge in [-0.3, -0.25) is 9.48 Å². The SMILES string of the molecule is CCN(Cc1nc2ccccc2c(=O)[nH]1)C(=O)Nc1cccc(Cn2nc(C)cc2C)c1. The van der Waals surface area contributed by atoms with Crippen molar-refractivity contribution in [1.29, 1.82) is 0 Å². The topological polar surface area (TPSA) is 95.9 Å². The Kier molecular flexibility index (Phi) is 6.02. The highest BCUT2D eigenvalue weighted by Crippen LogP contribution is 2.15. The second-order valence-corrected chi connectivity index (χ2v) is 7.76. The number of carbonyl (C=O) groups excluding carboxylic acids is 1. The van der Waals surface area contributed by atoms with Crippen LogP contribution < -0.4 is 10.9 Å². The van der Waals surface area contributed by atoms with Gasteiger partial charge in [0, 0.05) is 17.9 Å². The molecule has 2 aromatic carbocycles. The van der Waals surface area contributed by atoms with Crippen molar-refractivity contribution in [3.05, 3.63) is 87.7 Å². The number of rotatable bonds is 6. The first kappa shape index (κ1) is 21.3. The highest BCUT2D eigenvalue weighted by atomic mass is 16.2. The minimum atomic E-state index is -0.258. The van der Waals surface area contributed by atoms with Gasteiger partial charge in [0.2, 0.25) is 0 Å². The van der Waals surface area contributed by atoms with Crippen LogP contribution in [-0.2, 0) is 13.1 Å². The molecule has 164 valence electrons. The quantitative estimate of drug-likeness (QED) is 0.486. The van der Waals surface area contributed by atoms with Gasteiger partial charge in [-0.05, 0) is 56.7 Å². The lowest BCUT2D eigenvalue weighted by Gasteiger charge is -2.21. The summed E-state index contributed by atoms with van der Waals surface area (Å²) < 4.78 is 1.94. The van der Waals surface area contributed by atoms with Gasteiger partial charge < -0.3 is 15.2 Å². The molecule has 0 fully saturated rings. The van der Waals surface area contributed by atoms with Crippen LogP contribution in [-0.4, -0.2) is 37.2 Å². The Labute approximate surface area is 185 Å². The summed E-state index contributed by atoms with van der Waals surface area (Å²) in [7, 11) is 0. The number of urea groups is 1. The number of aromatic nitrogens is 4. The average Bonchev–Trinajstić information content (AvgIpc) is 3.08. The van der Waals surface area contributed by atoms with Crippen molar-refractivity contribution >= 4 is 22.6 Å². The predicted molar refractivity (Wildman–Crippen MR) is 125 cm³/mol. The van der Waals surface area contributed by atoms with E-state index in [9.17, 15) is 9.59 Å². The first-order valence-corrected chi connectivity index (χ1v) is 10.6. The van der Waals surface area contributed by atoms with Crippen molar-refractivity contribution in [3.63, 3.8) is 0 Å². The molecule has 0 aliphatic rings. The van der Waals surface area contributed by atoms with Gasteiger partial charge in [0.05, 0.1) is 29.7 Å². The van der Waals surface area contributed by atoms with E-state index in [-0.39, 0.29) is 18.1 Å². The smallest absolute Gasteiger partial charge is 0.317 e. The molecular formula is C24H26N6O2. The minimum absolute atomic E-state index is 0.202. The van der Waals surface area contributed by atoms with Gasteiger partial charge in [-0.1, -0.05) is 24.3 Å². The number of hydrogen-bond acceptors (Lipinski definition) is 4. The average molecular weight is 431 g/mol. The van der Waals surface area contributed by atoms with Gasteiger partial charge in [-0.25, -0.2) is 9.78 Å². The van der Waals surface area contributed by atoms with Gasteiger partial charge in [-0.2, -0.15) is 5.10 Å². The summed E-state index contributed by atoms with van der Waals surface area (Å²) in [6.45, 7) is 7.18. The van der Waals surface area contributed by atoms with Crippen LogP contribution in [0.2, 0.25) is 0 Å². The van der Waals surface area contributed by atoms with Crippen molar-refractivity contribution in [2.75, 3.05) is 11.9 Å². The molecular weight excluding hydrogens is 404 g/mol. The number of nitrogens with zero attached hydrogens (tertiary/aromatic N) is 4. The Morgan fingerprint density at radius 3 is 2.69 bits per heavy atom. The van der Waals surface area contributed by atoms with Crippen LogP contribution in [0.5, 0.6) is 0 Å². The summed E-state index contributed by atoms with van der Waals surface area (Å²) >= 11 is 0. The molecule has 0 saturated heterocycles. The van der Waals surface area contributed by atoms with Gasteiger partial charge in [0.1, 0.15) is 5.82 Å². The van der Waals surface area contributed by atoms with Crippen molar-refractivity contribution in [2.45, 2.75) is 33.9 Å². The monoisotopic (exact) mass is 430 g/mol. The second kappa shape index (κ2) is 9.05. The van der Waals surface area contributed by atoms with E-state index < -0.39 is 0 Å². The van der Waals surface area contributed by atoms with E-state index in [2.05, 4.69) is 20.4 Å². The molecule has 4 rings (SSSR count). The fourth-order valence-corrected chi connectivity index (χ4v) is 3.68. The highest BCUT2D eigenvalue weighted by molar-refractivity contribution is 5.89. The number of anilines is 1. The molecule has 0 bridgehead atoms. The maximum atomic E-state index is 12.9. The van der Waals surface area contributed by atoms with Crippen molar-refractivity contribution in [1.82, 2.24) is 24.6 Å². The molecule has 8 heteroatoms. The molecule has 0 radical (unpaired) electrons. The molecule has 2 aromatic heterocycles. The molecule has 2 amide bonds. The lowest BCUT2D eigenvalue weighted by Crippen LogP contribution is -2.35. The summed E-state index contributed by atoms with van der Waals surface area (Å²) in [5, 5.41) is 7.98. The highest BCUT2D eigenvalue weighted by Gasteiger charge is 2.15. The van der Waals surface area contributed by atoms with Gasteiger partial charge in [0.15, 0.2) is 0 Å². The zero-order valence-corrected chi connectivity index (χ0v) is 18.4. The first-order chi connectivity index (χ1) is 15.4. The van der Waals surface area contributed by atoms with E-state index in [1.165, 1.54) is 0 Å². The largest absolute Gasteiger partial charge is 0.322 e. The summed E-state index contributed by atoms with van der Waals surface area (Å²) in [6.07, 6.45) is 0. The fraction of sp³-hybridized carbons (Fsp3) is 0.250. The number of amides is 2. The third kappa shape index (κ3) is 4.69. The normalized spacial score (nSPS) is 11.0. The Hall–Kier alpha value is -3.94. The maximum absolute atomic E-state index is 12.9. The number of para-hydroxylation sites is 1. The number of hydrogen-bond donors (Lipinski definition) is 2. The molecule has 0 unspecified atom stereocenters. The van der Waals surface area contributed by atoms with Crippen LogP contribution in [0.15, 0.2) is 59.4 Å². The van der Waals surface area contributed by atoms with E-state index in [4.69, 9.17) is 0 Å². The minimum Gasteiger partial charge on any atom is -0.317 e. The Morgan fingerprint density at radius 2 is 1.94 bits per heavy atom. The summed E-state index contributed by atoms with van der Waals surface area (Å²) in [6, 6.07) is 16.7. The molecule has 2 N–H and O–H groups in total. The number of aryl methyl sites for hydroxylation is 2. The van der Waals surface area contributed by atoms with Crippen LogP contribution in [0.25, 0.3) is 10.9 Å². The van der Waals surface area contributed by atoms with Gasteiger partial charge in [-0.15, -0.1) is 0 Å². The number of carbonyl (C=O) groups is 1. The van der Waals surface area contributed by atoms with E-state index in [1.54, 1.807) is 23.1 Å². The number of aromatic amines is 1. The Bertz CT molecular complexity index is 1320. The summed E-state index contributed by atoms with van der Waals surface area (Å²) in [4.78, 5) is 34.1. The standard InChI is InChI=1S/C24H26N6O2/c1-4-29(15-22-26-21-11-6-5-10-20(21)23(31)27-22)24(32)25-19-9-7-8-18(13-19)14-30-17(3)12-16(2)28-30/h5-13H,4,14-15H2,1-3H3,(H,25,32)(H,26,27,31). The van der Waals surface area contributed by atoms with Gasteiger partial charge in [0.25, 0.3) is 5.56 Å². The van der Waals surface area contributed by atoms with E-state index >= 15 is 0 Å². The zero-order chi connectivity index (χ0) is 22.7. The van der Waals surface area contributed by atoms with Crippen molar-refractivity contribution in [3.8, 4) is 0 Å². The number of benzene rings is 2. The maximum Gasteiger partial charge on any atom is 0.322 e. The lowest BCUT2D eigenvalue weighted by molar-refractivity contribution is 0.211. The van der Waals surface area contributed by atoms with Crippen molar-refractivity contribution < 1.29 is 4.79 Å². The molecule has 0 spiro atoms. The molecule has 4 aromatic rings.